The fourth-order valence-electron chi connectivity index (χ4n) is 3.34. The Morgan fingerprint density at radius 3 is 1.84 bits per heavy atom. The number of hydrogen-bond donors (Lipinski definition) is 0. The molecule has 0 aliphatic carbocycles. The molecule has 0 atom stereocenters. The van der Waals surface area contributed by atoms with Gasteiger partial charge in [-0.2, -0.15) is 31.0 Å². The molecule has 0 aliphatic heterocycles. The molecule has 0 N–H and O–H groups in total. The van der Waals surface area contributed by atoms with Crippen molar-refractivity contribution in [2.24, 2.45) is 0 Å². The van der Waals surface area contributed by atoms with Crippen LogP contribution in [0, 0.1) is 20.8 Å². The number of rotatable bonds is 3. The van der Waals surface area contributed by atoms with Crippen LogP contribution in [0.4, 0.5) is 0 Å². The Morgan fingerprint density at radius 2 is 1.27 bits per heavy atom. The zero-order valence-corrected chi connectivity index (χ0v) is 27.0. The second-order valence-corrected chi connectivity index (χ2v) is 9.57. The maximum Gasteiger partial charge on any atom is 4.00 e. The molecule has 5 rings (SSSR count). The van der Waals surface area contributed by atoms with Crippen molar-refractivity contribution in [3.63, 3.8) is 0 Å². The molecule has 0 aromatic heterocycles. The summed E-state index contributed by atoms with van der Waals surface area (Å²) in [5, 5.41) is 5.35. The minimum atomic E-state index is 0. The van der Waals surface area contributed by atoms with Crippen molar-refractivity contribution < 1.29 is 26.2 Å². The van der Waals surface area contributed by atoms with Crippen LogP contribution in [-0.4, -0.2) is 9.52 Å². The first kappa shape index (κ1) is 35.0. The molecule has 0 saturated heterocycles. The van der Waals surface area contributed by atoms with Gasteiger partial charge in [0.2, 0.25) is 0 Å². The smallest absolute Gasteiger partial charge is 0.343 e. The predicted molar refractivity (Wildman–Crippen MR) is 167 cm³/mol. The van der Waals surface area contributed by atoms with E-state index in [0.717, 1.165) is 22.4 Å². The first-order valence-corrected chi connectivity index (χ1v) is 15.0. The minimum Gasteiger partial charge on any atom is -0.343 e. The van der Waals surface area contributed by atoms with E-state index in [9.17, 15) is 0 Å². The van der Waals surface area contributed by atoms with Crippen LogP contribution in [0.1, 0.15) is 45.1 Å². The first-order chi connectivity index (χ1) is 17.6. The molecule has 0 spiro atoms. The maximum absolute atomic E-state index is 3.60. The average molecular weight is 584 g/mol. The molecular weight excluding hydrogens is 540 g/mol. The van der Waals surface area contributed by atoms with Crippen molar-refractivity contribution in [1.82, 2.24) is 0 Å². The second-order valence-electron chi connectivity index (χ2n) is 8.57. The van der Waals surface area contributed by atoms with Gasteiger partial charge in [0.25, 0.3) is 0 Å². The Morgan fingerprint density at radius 1 is 0.730 bits per heavy atom. The summed E-state index contributed by atoms with van der Waals surface area (Å²) in [5.41, 5.74) is 3.95. The van der Waals surface area contributed by atoms with Gasteiger partial charge in [0.05, 0.1) is 0 Å². The molecule has 2 radical (unpaired) electrons. The standard InChI is InChI=1S/C15H11.C10H9.2C4H9.C2H6Si.Zr/c1-2-6-12(7-3-1)14-10-4-8-13-9-5-11-15(13)14;1-8-6-9-4-2-3-5-10(9)7-8;2*1-3-4-2;1-3-2;/h1-11H;2-7H,1H3;2*1,3-4H2,2H3;1-2H3;/q4*-1;;+4. The van der Waals surface area contributed by atoms with E-state index >= 15 is 0 Å². The molecule has 5 aromatic carbocycles. The third kappa shape index (κ3) is 13.4. The fourth-order valence-corrected chi connectivity index (χ4v) is 3.34. The van der Waals surface area contributed by atoms with E-state index in [2.05, 4.69) is 151 Å². The summed E-state index contributed by atoms with van der Waals surface area (Å²) >= 11 is 0. The minimum absolute atomic E-state index is 0. The molecule has 0 heterocycles. The van der Waals surface area contributed by atoms with E-state index in [1.807, 2.05) is 0 Å². The van der Waals surface area contributed by atoms with E-state index < -0.39 is 0 Å². The van der Waals surface area contributed by atoms with Gasteiger partial charge in [0.15, 0.2) is 0 Å². The number of hydrogen-bond acceptors (Lipinski definition) is 0. The van der Waals surface area contributed by atoms with E-state index in [0.29, 0.717) is 0 Å². The van der Waals surface area contributed by atoms with Crippen LogP contribution >= 0.6 is 0 Å². The molecule has 0 aliphatic rings. The number of aryl methyl sites for hydroxylation is 1. The van der Waals surface area contributed by atoms with Crippen LogP contribution in [0.15, 0.2) is 103 Å². The van der Waals surface area contributed by atoms with E-state index in [1.165, 1.54) is 51.1 Å². The molecule has 0 unspecified atom stereocenters. The van der Waals surface area contributed by atoms with Crippen LogP contribution in [-0.2, 0) is 26.2 Å². The third-order valence-electron chi connectivity index (χ3n) is 5.23. The van der Waals surface area contributed by atoms with Gasteiger partial charge in [-0.1, -0.05) is 94.7 Å². The van der Waals surface area contributed by atoms with E-state index in [4.69, 9.17) is 0 Å². The van der Waals surface area contributed by atoms with Crippen LogP contribution in [0.5, 0.6) is 0 Å². The summed E-state index contributed by atoms with van der Waals surface area (Å²) < 4.78 is 0. The molecule has 0 bridgehead atoms. The summed E-state index contributed by atoms with van der Waals surface area (Å²) in [4.78, 5) is 0. The Hall–Kier alpha value is -2.02. The topological polar surface area (TPSA) is 0 Å². The SMILES string of the molecule is C[Si]C.Cc1cc2ccccc2[cH-]1.[CH2-]CCC.[CH2-]CCC.[Zr+4].c1ccc(-c2cccc3[cH-]ccc23)cc1. The summed E-state index contributed by atoms with van der Waals surface area (Å²) in [7, 11) is 1.08. The number of unbranched alkanes of at least 4 members (excludes halogenated alkanes) is 2. The molecule has 0 saturated carbocycles. The largest absolute Gasteiger partial charge is 4.00 e. The van der Waals surface area contributed by atoms with Crippen LogP contribution in [0.2, 0.25) is 13.1 Å². The predicted octanol–water partition coefficient (Wildman–Crippen LogP) is 11.1. The molecule has 0 amide bonds. The Kier molecular flexibility index (Phi) is 20.8. The van der Waals surface area contributed by atoms with Gasteiger partial charge in [0, 0.05) is 9.52 Å². The molecular formula is C35H44SiZr. The van der Waals surface area contributed by atoms with Gasteiger partial charge in [-0.25, -0.2) is 0 Å². The molecule has 0 fully saturated rings. The summed E-state index contributed by atoms with van der Waals surface area (Å²) in [6.07, 6.45) is 4.56. The van der Waals surface area contributed by atoms with Gasteiger partial charge < -0.3 is 13.8 Å². The molecule has 0 nitrogen and oxygen atoms in total. The van der Waals surface area contributed by atoms with E-state index in [-0.39, 0.29) is 26.2 Å². The molecule has 2 heteroatoms. The van der Waals surface area contributed by atoms with Crippen molar-refractivity contribution in [3.05, 3.63) is 123 Å². The van der Waals surface area contributed by atoms with Crippen molar-refractivity contribution in [3.8, 4) is 11.1 Å². The van der Waals surface area contributed by atoms with Crippen molar-refractivity contribution in [1.29, 1.82) is 0 Å². The summed E-state index contributed by atoms with van der Waals surface area (Å²) in [6.45, 7) is 17.9. The van der Waals surface area contributed by atoms with Crippen LogP contribution in [0.3, 0.4) is 0 Å². The Labute approximate surface area is 249 Å². The number of fused-ring (bicyclic) bond motifs is 2. The summed E-state index contributed by atoms with van der Waals surface area (Å²) in [5.74, 6) is 0. The van der Waals surface area contributed by atoms with Crippen molar-refractivity contribution in [2.45, 2.75) is 59.5 Å². The van der Waals surface area contributed by atoms with Gasteiger partial charge in [-0.15, -0.1) is 69.6 Å². The second kappa shape index (κ2) is 22.0. The Balaban J connectivity index is 0.000000511. The zero-order valence-electron chi connectivity index (χ0n) is 23.6. The normalized spacial score (nSPS) is 9.27. The first-order valence-electron chi connectivity index (χ1n) is 13.0. The zero-order chi connectivity index (χ0) is 26.6. The van der Waals surface area contributed by atoms with Gasteiger partial charge in [-0.05, 0) is 5.56 Å². The fraction of sp³-hybridized carbons (Fsp3) is 0.257. The third-order valence-corrected chi connectivity index (χ3v) is 5.23. The van der Waals surface area contributed by atoms with Gasteiger partial charge in [-0.3, -0.25) is 0 Å². The monoisotopic (exact) mass is 582 g/mol. The average Bonchev–Trinajstić information content (AvgIpc) is 3.56. The summed E-state index contributed by atoms with van der Waals surface area (Å²) in [6, 6.07) is 36.2. The number of benzene rings is 3. The molecule has 5 aromatic rings. The quantitative estimate of drug-likeness (QED) is 0.146. The Bertz CT molecular complexity index is 1140. The van der Waals surface area contributed by atoms with Crippen molar-refractivity contribution >= 4 is 31.1 Å². The van der Waals surface area contributed by atoms with Crippen molar-refractivity contribution in [2.75, 3.05) is 0 Å². The molecule has 37 heavy (non-hydrogen) atoms. The van der Waals surface area contributed by atoms with Crippen LogP contribution in [0.25, 0.3) is 32.7 Å². The maximum atomic E-state index is 3.60. The van der Waals surface area contributed by atoms with E-state index in [1.54, 1.807) is 0 Å². The molecule has 192 valence electrons. The van der Waals surface area contributed by atoms with Crippen LogP contribution < -0.4 is 0 Å². The van der Waals surface area contributed by atoms with Gasteiger partial charge >= 0.3 is 26.2 Å². The van der Waals surface area contributed by atoms with Gasteiger partial charge in [0.1, 0.15) is 0 Å².